The van der Waals surface area contributed by atoms with Gasteiger partial charge in [-0.05, 0) is 55.7 Å². The van der Waals surface area contributed by atoms with E-state index in [0.29, 0.717) is 18.3 Å². The van der Waals surface area contributed by atoms with Gasteiger partial charge in [-0.3, -0.25) is 4.99 Å². The minimum absolute atomic E-state index is 0. The third-order valence-electron chi connectivity index (χ3n) is 5.23. The number of rotatable bonds is 3. The molecule has 1 saturated carbocycles. The number of halogens is 1. The van der Waals surface area contributed by atoms with Gasteiger partial charge in [0, 0.05) is 25.2 Å². The highest BCUT2D eigenvalue weighted by molar-refractivity contribution is 14.0. The molecule has 24 heavy (non-hydrogen) atoms. The Morgan fingerprint density at radius 3 is 2.62 bits per heavy atom. The van der Waals surface area contributed by atoms with E-state index in [1.165, 1.54) is 56.1 Å². The highest BCUT2D eigenvalue weighted by atomic mass is 127. The first kappa shape index (κ1) is 19.3. The number of nitrogens with one attached hydrogen (secondary N) is 2. The molecule has 0 amide bonds. The molecule has 1 aromatic rings. The van der Waals surface area contributed by atoms with Crippen molar-refractivity contribution < 1.29 is 5.11 Å². The van der Waals surface area contributed by atoms with Gasteiger partial charge in [0.15, 0.2) is 5.96 Å². The lowest BCUT2D eigenvalue weighted by Crippen LogP contribution is -2.44. The lowest BCUT2D eigenvalue weighted by atomic mass is 9.88. The Kier molecular flexibility index (Phi) is 7.65. The maximum Gasteiger partial charge on any atom is 0.191 e. The molecule has 4 nitrogen and oxygen atoms in total. The van der Waals surface area contributed by atoms with Crippen molar-refractivity contribution in [2.24, 2.45) is 4.99 Å². The van der Waals surface area contributed by atoms with Gasteiger partial charge in [-0.15, -0.1) is 24.0 Å². The van der Waals surface area contributed by atoms with Crippen LogP contribution in [0.1, 0.15) is 61.6 Å². The van der Waals surface area contributed by atoms with Crippen LogP contribution >= 0.6 is 24.0 Å². The molecule has 0 radical (unpaired) electrons. The second-order valence-corrected chi connectivity index (χ2v) is 6.81. The van der Waals surface area contributed by atoms with Gasteiger partial charge in [-0.1, -0.05) is 25.3 Å². The number of hydrogen-bond donors (Lipinski definition) is 3. The molecule has 2 aliphatic carbocycles. The number of guanidine groups is 1. The summed E-state index contributed by atoms with van der Waals surface area (Å²) in [5.41, 5.74) is 3.80. The number of fused-ring (bicyclic) bond motifs is 1. The molecule has 2 aliphatic rings. The van der Waals surface area contributed by atoms with E-state index in [-0.39, 0.29) is 24.0 Å². The van der Waals surface area contributed by atoms with E-state index < -0.39 is 0 Å². The molecule has 0 unspecified atom stereocenters. The van der Waals surface area contributed by atoms with Gasteiger partial charge in [0.1, 0.15) is 5.75 Å². The van der Waals surface area contributed by atoms with Gasteiger partial charge in [-0.25, -0.2) is 0 Å². The third-order valence-corrected chi connectivity index (χ3v) is 5.23. The molecule has 0 spiro atoms. The normalized spacial score (nSPS) is 18.5. The average Bonchev–Trinajstić information content (AvgIpc) is 2.60. The number of aromatic hydroxyl groups is 1. The Labute approximate surface area is 162 Å². The molecule has 3 rings (SSSR count). The fourth-order valence-corrected chi connectivity index (χ4v) is 3.90. The Bertz CT molecular complexity index is 568. The number of phenolic OH excluding ortho intramolecular Hbond substituents is 1. The summed E-state index contributed by atoms with van der Waals surface area (Å²) in [6, 6.07) is 4.47. The van der Waals surface area contributed by atoms with Crippen LogP contribution in [0.15, 0.2) is 17.1 Å². The summed E-state index contributed by atoms with van der Waals surface area (Å²) in [6.07, 6.45) is 11.1. The number of aliphatic imine (C=N–C) groups is 1. The maximum absolute atomic E-state index is 10.3. The molecule has 0 saturated heterocycles. The van der Waals surface area contributed by atoms with Crippen LogP contribution in [0.25, 0.3) is 0 Å². The van der Waals surface area contributed by atoms with Crippen LogP contribution in [-0.2, 0) is 19.4 Å². The fraction of sp³-hybridized carbons (Fsp3) is 0.632. The van der Waals surface area contributed by atoms with Crippen molar-refractivity contribution >= 4 is 29.9 Å². The largest absolute Gasteiger partial charge is 0.508 e. The van der Waals surface area contributed by atoms with Crippen LogP contribution in [0, 0.1) is 0 Å². The first-order valence-corrected chi connectivity index (χ1v) is 9.07. The van der Waals surface area contributed by atoms with Gasteiger partial charge in [0.25, 0.3) is 0 Å². The number of phenols is 1. The van der Waals surface area contributed by atoms with E-state index >= 15 is 0 Å². The van der Waals surface area contributed by atoms with Gasteiger partial charge in [0.2, 0.25) is 0 Å². The van der Waals surface area contributed by atoms with Gasteiger partial charge >= 0.3 is 0 Å². The Morgan fingerprint density at radius 1 is 1.12 bits per heavy atom. The van der Waals surface area contributed by atoms with E-state index in [2.05, 4.69) is 21.7 Å². The Balaban J connectivity index is 0.00000208. The topological polar surface area (TPSA) is 56.7 Å². The lowest BCUT2D eigenvalue weighted by Gasteiger charge is -2.26. The summed E-state index contributed by atoms with van der Waals surface area (Å²) in [7, 11) is 1.82. The molecule has 134 valence electrons. The summed E-state index contributed by atoms with van der Waals surface area (Å²) in [5.74, 6) is 1.26. The van der Waals surface area contributed by atoms with E-state index in [0.717, 1.165) is 24.4 Å². The SMILES string of the molecule is CN=C(NCc1c(O)ccc2c1CCCC2)NC1CCCCC1.I. The van der Waals surface area contributed by atoms with Crippen molar-refractivity contribution in [3.8, 4) is 5.75 Å². The van der Waals surface area contributed by atoms with Crippen molar-refractivity contribution in [3.63, 3.8) is 0 Å². The Morgan fingerprint density at radius 2 is 1.88 bits per heavy atom. The predicted molar refractivity (Wildman–Crippen MR) is 110 cm³/mol. The van der Waals surface area contributed by atoms with Crippen molar-refractivity contribution in [2.45, 2.75) is 70.4 Å². The second kappa shape index (κ2) is 9.49. The van der Waals surface area contributed by atoms with E-state index in [9.17, 15) is 5.11 Å². The van der Waals surface area contributed by atoms with Crippen LogP contribution < -0.4 is 10.6 Å². The van der Waals surface area contributed by atoms with Gasteiger partial charge in [-0.2, -0.15) is 0 Å². The lowest BCUT2D eigenvalue weighted by molar-refractivity contribution is 0.409. The molecular formula is C19H30IN3O. The van der Waals surface area contributed by atoms with E-state index in [1.807, 2.05) is 13.1 Å². The van der Waals surface area contributed by atoms with Crippen molar-refractivity contribution in [1.29, 1.82) is 0 Å². The summed E-state index contributed by atoms with van der Waals surface area (Å²) >= 11 is 0. The highest BCUT2D eigenvalue weighted by Gasteiger charge is 2.18. The highest BCUT2D eigenvalue weighted by Crippen LogP contribution is 2.30. The molecule has 3 N–H and O–H groups in total. The van der Waals surface area contributed by atoms with Crippen LogP contribution in [0.3, 0.4) is 0 Å². The zero-order valence-electron chi connectivity index (χ0n) is 14.6. The van der Waals surface area contributed by atoms with Gasteiger partial charge < -0.3 is 15.7 Å². The summed E-state index contributed by atoms with van der Waals surface area (Å²) in [6.45, 7) is 0.640. The second-order valence-electron chi connectivity index (χ2n) is 6.81. The van der Waals surface area contributed by atoms with Crippen molar-refractivity contribution in [3.05, 3.63) is 28.8 Å². The summed E-state index contributed by atoms with van der Waals surface area (Å²) in [5, 5.41) is 17.2. The monoisotopic (exact) mass is 443 g/mol. The fourth-order valence-electron chi connectivity index (χ4n) is 3.90. The average molecular weight is 443 g/mol. The maximum atomic E-state index is 10.3. The van der Waals surface area contributed by atoms with Crippen LogP contribution in [0.5, 0.6) is 5.75 Å². The van der Waals surface area contributed by atoms with Crippen LogP contribution in [0.4, 0.5) is 0 Å². The molecule has 1 fully saturated rings. The molecule has 5 heteroatoms. The van der Waals surface area contributed by atoms with Gasteiger partial charge in [0.05, 0.1) is 0 Å². The molecule has 0 atom stereocenters. The van der Waals surface area contributed by atoms with Crippen LogP contribution in [0.2, 0.25) is 0 Å². The van der Waals surface area contributed by atoms with Crippen molar-refractivity contribution in [1.82, 2.24) is 10.6 Å². The molecule has 1 aromatic carbocycles. The van der Waals surface area contributed by atoms with Crippen molar-refractivity contribution in [2.75, 3.05) is 7.05 Å². The smallest absolute Gasteiger partial charge is 0.191 e. The van der Waals surface area contributed by atoms with E-state index in [1.54, 1.807) is 0 Å². The van der Waals surface area contributed by atoms with Crippen LogP contribution in [-0.4, -0.2) is 24.2 Å². The molecular weight excluding hydrogens is 413 g/mol. The minimum atomic E-state index is 0. The van der Waals surface area contributed by atoms with E-state index in [4.69, 9.17) is 0 Å². The number of benzene rings is 1. The number of aryl methyl sites for hydroxylation is 1. The molecule has 0 aliphatic heterocycles. The first-order chi connectivity index (χ1) is 11.3. The predicted octanol–water partition coefficient (Wildman–Crippen LogP) is 3.89. The zero-order valence-corrected chi connectivity index (χ0v) is 16.9. The molecule has 0 aromatic heterocycles. The summed E-state index contributed by atoms with van der Waals surface area (Å²) in [4.78, 5) is 4.35. The number of hydrogen-bond acceptors (Lipinski definition) is 2. The number of nitrogens with zero attached hydrogens (tertiary/aromatic N) is 1. The summed E-state index contributed by atoms with van der Waals surface area (Å²) < 4.78 is 0. The quantitative estimate of drug-likeness (QED) is 0.378. The Hall–Kier alpha value is -0.980. The standard InChI is InChI=1S/C19H29N3O.HI/c1-20-19(22-15-8-3-2-4-9-15)21-13-17-16-10-6-5-7-14(16)11-12-18(17)23;/h11-12,15,23H,2-10,13H2,1H3,(H2,20,21,22);1H. The third kappa shape index (κ3) is 4.77. The minimum Gasteiger partial charge on any atom is -0.508 e. The molecule has 0 heterocycles. The first-order valence-electron chi connectivity index (χ1n) is 9.07. The molecule has 0 bridgehead atoms. The zero-order chi connectivity index (χ0) is 16.1.